The van der Waals surface area contributed by atoms with E-state index in [9.17, 15) is 4.39 Å². The first-order valence-corrected chi connectivity index (χ1v) is 8.30. The molecule has 0 saturated carbocycles. The van der Waals surface area contributed by atoms with E-state index in [0.29, 0.717) is 0 Å². The molecule has 0 aromatic carbocycles. The van der Waals surface area contributed by atoms with E-state index >= 15 is 0 Å². The van der Waals surface area contributed by atoms with E-state index in [4.69, 9.17) is 0 Å². The first-order valence-electron chi connectivity index (χ1n) is 8.30. The molecular weight excluding hydrogens is 265 g/mol. The van der Waals surface area contributed by atoms with Gasteiger partial charge in [-0.2, -0.15) is 0 Å². The maximum atomic E-state index is 13.0. The van der Waals surface area contributed by atoms with Gasteiger partial charge in [0.2, 0.25) is 0 Å². The smallest absolute Gasteiger partial charge is 0.141 e. The van der Waals surface area contributed by atoms with E-state index in [1.165, 1.54) is 44.6 Å². The molecule has 4 heteroatoms. The van der Waals surface area contributed by atoms with E-state index in [-0.39, 0.29) is 11.9 Å². The van der Waals surface area contributed by atoms with Crippen molar-refractivity contribution in [3.8, 4) is 0 Å². The number of aromatic nitrogens is 1. The zero-order valence-corrected chi connectivity index (χ0v) is 13.3. The number of pyridine rings is 1. The van der Waals surface area contributed by atoms with Crippen LogP contribution in [0.1, 0.15) is 51.3 Å². The van der Waals surface area contributed by atoms with Gasteiger partial charge < -0.3 is 10.2 Å². The highest BCUT2D eigenvalue weighted by atomic mass is 19.1. The molecule has 1 aromatic heterocycles. The van der Waals surface area contributed by atoms with Crippen molar-refractivity contribution in [3.05, 3.63) is 29.8 Å². The lowest BCUT2D eigenvalue weighted by Gasteiger charge is -2.32. The van der Waals surface area contributed by atoms with E-state index in [2.05, 4.69) is 29.0 Å². The van der Waals surface area contributed by atoms with Crippen LogP contribution < -0.4 is 5.32 Å². The van der Waals surface area contributed by atoms with Gasteiger partial charge in [0.1, 0.15) is 5.82 Å². The Morgan fingerprint density at radius 2 is 2.10 bits per heavy atom. The molecule has 1 fully saturated rings. The zero-order chi connectivity index (χ0) is 15.1. The van der Waals surface area contributed by atoms with Crippen LogP contribution in [0.3, 0.4) is 0 Å². The number of likely N-dealkylation sites (tertiary alicyclic amines) is 1. The third kappa shape index (κ3) is 5.04. The van der Waals surface area contributed by atoms with Crippen LogP contribution in [-0.4, -0.2) is 36.1 Å². The molecule has 2 rings (SSSR count). The largest absolute Gasteiger partial charge is 0.309 e. The SMILES string of the molecule is CCNC(CCN1CCC(CC)CC1)c1ccc(F)cn1. The molecule has 0 amide bonds. The van der Waals surface area contributed by atoms with Crippen molar-refractivity contribution in [2.24, 2.45) is 5.92 Å². The lowest BCUT2D eigenvalue weighted by Crippen LogP contribution is -2.36. The van der Waals surface area contributed by atoms with Gasteiger partial charge in [-0.15, -0.1) is 0 Å². The molecule has 1 N–H and O–H groups in total. The van der Waals surface area contributed by atoms with Crippen molar-refractivity contribution >= 4 is 0 Å². The third-order valence-corrected chi connectivity index (χ3v) is 4.58. The van der Waals surface area contributed by atoms with Crippen LogP contribution in [0.2, 0.25) is 0 Å². The summed E-state index contributed by atoms with van der Waals surface area (Å²) in [6.07, 6.45) is 6.32. The van der Waals surface area contributed by atoms with Crippen LogP contribution in [0.25, 0.3) is 0 Å². The first-order chi connectivity index (χ1) is 10.2. The number of rotatable bonds is 7. The summed E-state index contributed by atoms with van der Waals surface area (Å²) >= 11 is 0. The van der Waals surface area contributed by atoms with Crippen LogP contribution in [-0.2, 0) is 0 Å². The standard InChI is InChI=1S/C17H28FN3/c1-3-14-7-10-21(11-8-14)12-9-17(19-4-2)16-6-5-15(18)13-20-16/h5-6,13-14,17,19H,3-4,7-12H2,1-2H3. The number of hydrogen-bond donors (Lipinski definition) is 1. The van der Waals surface area contributed by atoms with E-state index in [1.54, 1.807) is 6.07 Å². The van der Waals surface area contributed by atoms with Gasteiger partial charge in [0.15, 0.2) is 0 Å². The van der Waals surface area contributed by atoms with Crippen molar-refractivity contribution in [1.82, 2.24) is 15.2 Å². The predicted molar refractivity (Wildman–Crippen MR) is 84.7 cm³/mol. The molecule has 1 unspecified atom stereocenters. The highest BCUT2D eigenvalue weighted by molar-refractivity contribution is 5.10. The molecule has 1 saturated heterocycles. The Morgan fingerprint density at radius 3 is 2.67 bits per heavy atom. The molecule has 1 aliphatic heterocycles. The first kappa shape index (κ1) is 16.4. The number of halogens is 1. The summed E-state index contributed by atoms with van der Waals surface area (Å²) < 4.78 is 13.0. The van der Waals surface area contributed by atoms with Crippen molar-refractivity contribution in [2.45, 2.75) is 45.6 Å². The second kappa shape index (κ2) is 8.44. The molecule has 1 aromatic rings. The van der Waals surface area contributed by atoms with Crippen LogP contribution >= 0.6 is 0 Å². The Kier molecular flexibility index (Phi) is 6.58. The second-order valence-corrected chi connectivity index (χ2v) is 5.99. The van der Waals surface area contributed by atoms with Crippen molar-refractivity contribution in [3.63, 3.8) is 0 Å². The van der Waals surface area contributed by atoms with Crippen molar-refractivity contribution < 1.29 is 4.39 Å². The summed E-state index contributed by atoms with van der Waals surface area (Å²) in [5, 5.41) is 3.47. The maximum Gasteiger partial charge on any atom is 0.141 e. The minimum Gasteiger partial charge on any atom is -0.309 e. The topological polar surface area (TPSA) is 28.2 Å². The molecule has 3 nitrogen and oxygen atoms in total. The fourth-order valence-electron chi connectivity index (χ4n) is 3.12. The number of hydrogen-bond acceptors (Lipinski definition) is 3. The van der Waals surface area contributed by atoms with Gasteiger partial charge in [0, 0.05) is 0 Å². The number of nitrogens with one attached hydrogen (secondary N) is 1. The average Bonchev–Trinajstić information content (AvgIpc) is 2.53. The number of nitrogens with zero attached hydrogens (tertiary/aromatic N) is 2. The van der Waals surface area contributed by atoms with Gasteiger partial charge in [0.25, 0.3) is 0 Å². The molecule has 118 valence electrons. The Balaban J connectivity index is 1.84. The van der Waals surface area contributed by atoms with E-state index in [1.807, 2.05) is 0 Å². The lowest BCUT2D eigenvalue weighted by molar-refractivity contribution is 0.174. The molecule has 1 atom stereocenters. The van der Waals surface area contributed by atoms with E-state index in [0.717, 1.165) is 31.1 Å². The zero-order valence-electron chi connectivity index (χ0n) is 13.3. The summed E-state index contributed by atoms with van der Waals surface area (Å²) in [4.78, 5) is 6.79. The summed E-state index contributed by atoms with van der Waals surface area (Å²) in [6, 6.07) is 3.52. The molecule has 1 aliphatic rings. The summed E-state index contributed by atoms with van der Waals surface area (Å²) in [7, 11) is 0. The average molecular weight is 293 g/mol. The van der Waals surface area contributed by atoms with Crippen molar-refractivity contribution in [2.75, 3.05) is 26.2 Å². The minimum atomic E-state index is -0.268. The summed E-state index contributed by atoms with van der Waals surface area (Å²) in [6.45, 7) is 8.82. The molecule has 21 heavy (non-hydrogen) atoms. The van der Waals surface area contributed by atoms with Crippen LogP contribution in [0, 0.1) is 11.7 Å². The molecule has 0 aliphatic carbocycles. The van der Waals surface area contributed by atoms with Gasteiger partial charge in [-0.05, 0) is 63.5 Å². The molecular formula is C17H28FN3. The Hall–Kier alpha value is -1.00. The fraction of sp³-hybridized carbons (Fsp3) is 0.706. The minimum absolute atomic E-state index is 0.222. The monoisotopic (exact) mass is 293 g/mol. The second-order valence-electron chi connectivity index (χ2n) is 5.99. The van der Waals surface area contributed by atoms with Gasteiger partial charge >= 0.3 is 0 Å². The Morgan fingerprint density at radius 1 is 1.33 bits per heavy atom. The van der Waals surface area contributed by atoms with Gasteiger partial charge in [-0.25, -0.2) is 4.39 Å². The predicted octanol–water partition coefficient (Wildman–Crippen LogP) is 3.38. The highest BCUT2D eigenvalue weighted by Gasteiger charge is 2.19. The fourth-order valence-corrected chi connectivity index (χ4v) is 3.12. The van der Waals surface area contributed by atoms with Gasteiger partial charge in [-0.3, -0.25) is 4.98 Å². The molecule has 0 radical (unpaired) electrons. The summed E-state index contributed by atoms with van der Waals surface area (Å²) in [5.41, 5.74) is 0.946. The van der Waals surface area contributed by atoms with Gasteiger partial charge in [-0.1, -0.05) is 20.3 Å². The molecule has 0 spiro atoms. The van der Waals surface area contributed by atoms with Crippen LogP contribution in [0.15, 0.2) is 18.3 Å². The third-order valence-electron chi connectivity index (χ3n) is 4.58. The quantitative estimate of drug-likeness (QED) is 0.835. The molecule has 2 heterocycles. The Bertz CT molecular complexity index is 399. The van der Waals surface area contributed by atoms with Crippen LogP contribution in [0.4, 0.5) is 4.39 Å². The van der Waals surface area contributed by atoms with Crippen LogP contribution in [0.5, 0.6) is 0 Å². The van der Waals surface area contributed by atoms with Gasteiger partial charge in [0.05, 0.1) is 17.9 Å². The lowest BCUT2D eigenvalue weighted by atomic mass is 9.94. The molecule has 0 bridgehead atoms. The normalized spacial score (nSPS) is 18.8. The van der Waals surface area contributed by atoms with Crippen molar-refractivity contribution in [1.29, 1.82) is 0 Å². The van der Waals surface area contributed by atoms with E-state index < -0.39 is 0 Å². The number of piperidine rings is 1. The highest BCUT2D eigenvalue weighted by Crippen LogP contribution is 2.22. The summed E-state index contributed by atoms with van der Waals surface area (Å²) in [5.74, 6) is 0.653. The maximum absolute atomic E-state index is 13.0. The Labute approximate surface area is 127 Å².